The lowest BCUT2D eigenvalue weighted by molar-refractivity contribution is -0.138. The monoisotopic (exact) mass is 255 g/mol. The van der Waals surface area contributed by atoms with Gasteiger partial charge in [0.1, 0.15) is 0 Å². The molecule has 3 nitrogen and oxygen atoms in total. The maximum absolute atomic E-state index is 11.6. The molecule has 2 aromatic carbocycles. The maximum Gasteiger partial charge on any atom is 0.331 e. The fraction of sp³-hybridized carbons (Fsp3) is 0.188. The van der Waals surface area contributed by atoms with E-state index >= 15 is 0 Å². The summed E-state index contributed by atoms with van der Waals surface area (Å²) in [5.41, 5.74) is 2.74. The average molecular weight is 255 g/mol. The number of aliphatic carboxylic acids is 1. The molecule has 0 saturated heterocycles. The molecule has 2 aromatic rings. The zero-order valence-electron chi connectivity index (χ0n) is 11.1. The van der Waals surface area contributed by atoms with E-state index in [-0.39, 0.29) is 0 Å². The van der Waals surface area contributed by atoms with Crippen molar-refractivity contribution >= 4 is 11.7 Å². The number of aryl methyl sites for hydroxylation is 1. The van der Waals surface area contributed by atoms with E-state index in [0.29, 0.717) is 0 Å². The van der Waals surface area contributed by atoms with Gasteiger partial charge in [-0.05, 0) is 24.6 Å². The van der Waals surface area contributed by atoms with E-state index in [1.807, 2.05) is 61.5 Å². The smallest absolute Gasteiger partial charge is 0.331 e. The van der Waals surface area contributed by atoms with Gasteiger partial charge in [0.05, 0.1) is 0 Å². The molecular formula is C16H17NO2. The summed E-state index contributed by atoms with van der Waals surface area (Å²) in [4.78, 5) is 13.4. The van der Waals surface area contributed by atoms with Crippen molar-refractivity contribution in [3.8, 4) is 0 Å². The highest BCUT2D eigenvalue weighted by molar-refractivity contribution is 5.80. The van der Waals surface area contributed by atoms with E-state index in [1.165, 1.54) is 0 Å². The van der Waals surface area contributed by atoms with Crippen molar-refractivity contribution in [1.82, 2.24) is 0 Å². The normalized spacial score (nSPS) is 11.9. The Morgan fingerprint density at radius 2 is 1.79 bits per heavy atom. The second kappa shape index (κ2) is 5.57. The predicted molar refractivity (Wildman–Crippen MR) is 76.4 cm³/mol. The van der Waals surface area contributed by atoms with Gasteiger partial charge in [0.15, 0.2) is 6.04 Å². The zero-order valence-corrected chi connectivity index (χ0v) is 11.1. The highest BCUT2D eigenvalue weighted by Crippen LogP contribution is 2.26. The minimum Gasteiger partial charge on any atom is -0.479 e. The highest BCUT2D eigenvalue weighted by atomic mass is 16.4. The second-order valence-corrected chi connectivity index (χ2v) is 4.60. The molecule has 0 bridgehead atoms. The van der Waals surface area contributed by atoms with Crippen molar-refractivity contribution < 1.29 is 9.90 Å². The number of carboxylic acid groups (broad SMARTS) is 1. The summed E-state index contributed by atoms with van der Waals surface area (Å²) >= 11 is 0. The first kappa shape index (κ1) is 13.1. The van der Waals surface area contributed by atoms with Crippen LogP contribution in [0.2, 0.25) is 0 Å². The van der Waals surface area contributed by atoms with Crippen LogP contribution in [0.3, 0.4) is 0 Å². The lowest BCUT2D eigenvalue weighted by atomic mass is 10.0. The van der Waals surface area contributed by atoms with Crippen LogP contribution in [0, 0.1) is 6.92 Å². The minimum atomic E-state index is -0.850. The quantitative estimate of drug-likeness (QED) is 0.911. The third-order valence-corrected chi connectivity index (χ3v) is 3.14. The van der Waals surface area contributed by atoms with Gasteiger partial charge >= 0.3 is 5.97 Å². The molecule has 0 aromatic heterocycles. The first-order valence-electron chi connectivity index (χ1n) is 6.17. The lowest BCUT2D eigenvalue weighted by Crippen LogP contribution is -2.30. The van der Waals surface area contributed by atoms with Crippen LogP contribution in [0.25, 0.3) is 0 Å². The maximum atomic E-state index is 11.6. The summed E-state index contributed by atoms with van der Waals surface area (Å²) in [6, 6.07) is 16.5. The second-order valence-electron chi connectivity index (χ2n) is 4.60. The van der Waals surface area contributed by atoms with E-state index < -0.39 is 12.0 Å². The van der Waals surface area contributed by atoms with Crippen LogP contribution in [0.1, 0.15) is 17.2 Å². The van der Waals surface area contributed by atoms with Gasteiger partial charge < -0.3 is 10.0 Å². The molecule has 0 amide bonds. The SMILES string of the molecule is Cc1cccc(C(C(=O)O)N(C)c2ccccc2)c1. The molecule has 3 heteroatoms. The van der Waals surface area contributed by atoms with E-state index in [2.05, 4.69) is 0 Å². The average Bonchev–Trinajstić information content (AvgIpc) is 2.39. The summed E-state index contributed by atoms with van der Waals surface area (Å²) in [5, 5.41) is 9.51. The van der Waals surface area contributed by atoms with E-state index in [9.17, 15) is 9.90 Å². The number of hydrogen-bond acceptors (Lipinski definition) is 2. The van der Waals surface area contributed by atoms with Gasteiger partial charge in [0.25, 0.3) is 0 Å². The number of hydrogen-bond donors (Lipinski definition) is 1. The van der Waals surface area contributed by atoms with Gasteiger partial charge in [-0.25, -0.2) is 4.79 Å². The fourth-order valence-electron chi connectivity index (χ4n) is 2.18. The Kier molecular flexibility index (Phi) is 3.85. The largest absolute Gasteiger partial charge is 0.479 e. The molecule has 0 radical (unpaired) electrons. The van der Waals surface area contributed by atoms with E-state index in [4.69, 9.17) is 0 Å². The topological polar surface area (TPSA) is 40.5 Å². The molecule has 0 fully saturated rings. The van der Waals surface area contributed by atoms with Crippen molar-refractivity contribution in [3.05, 3.63) is 65.7 Å². The lowest BCUT2D eigenvalue weighted by Gasteiger charge is -2.27. The molecule has 1 atom stereocenters. The molecule has 1 unspecified atom stereocenters. The standard InChI is InChI=1S/C16H17NO2/c1-12-7-6-8-13(11-12)15(16(18)19)17(2)14-9-4-3-5-10-14/h3-11,15H,1-2H3,(H,18,19). The Morgan fingerprint density at radius 1 is 1.11 bits per heavy atom. The van der Waals surface area contributed by atoms with Gasteiger partial charge in [-0.15, -0.1) is 0 Å². The Bertz CT molecular complexity index is 566. The first-order valence-corrected chi connectivity index (χ1v) is 6.17. The van der Waals surface area contributed by atoms with Gasteiger partial charge in [0.2, 0.25) is 0 Å². The number of carbonyl (C=O) groups is 1. The molecule has 0 aliphatic rings. The van der Waals surface area contributed by atoms with Crippen molar-refractivity contribution in [1.29, 1.82) is 0 Å². The Morgan fingerprint density at radius 3 is 2.37 bits per heavy atom. The summed E-state index contributed by atoms with van der Waals surface area (Å²) < 4.78 is 0. The van der Waals surface area contributed by atoms with E-state index in [1.54, 1.807) is 11.9 Å². The van der Waals surface area contributed by atoms with Crippen molar-refractivity contribution in [2.24, 2.45) is 0 Å². The third-order valence-electron chi connectivity index (χ3n) is 3.14. The summed E-state index contributed by atoms with van der Waals surface area (Å²) in [7, 11) is 1.80. The third kappa shape index (κ3) is 2.94. The van der Waals surface area contributed by atoms with Crippen LogP contribution in [0.4, 0.5) is 5.69 Å². The Balaban J connectivity index is 2.39. The number of rotatable bonds is 4. The Hall–Kier alpha value is -2.29. The van der Waals surface area contributed by atoms with Crippen molar-refractivity contribution in [3.63, 3.8) is 0 Å². The van der Waals surface area contributed by atoms with Gasteiger partial charge in [-0.1, -0.05) is 48.0 Å². The summed E-state index contributed by atoms with van der Waals surface area (Å²) in [6.45, 7) is 1.96. The first-order chi connectivity index (χ1) is 9.09. The van der Waals surface area contributed by atoms with Gasteiger partial charge in [-0.3, -0.25) is 0 Å². The number of nitrogens with zero attached hydrogens (tertiary/aromatic N) is 1. The summed E-state index contributed by atoms with van der Waals surface area (Å²) in [6.07, 6.45) is 0. The molecule has 1 N–H and O–H groups in total. The number of likely N-dealkylation sites (N-methyl/N-ethyl adjacent to an activating group) is 1. The molecule has 0 heterocycles. The highest BCUT2D eigenvalue weighted by Gasteiger charge is 2.24. The van der Waals surface area contributed by atoms with Crippen molar-refractivity contribution in [2.45, 2.75) is 13.0 Å². The molecular weight excluding hydrogens is 238 g/mol. The van der Waals surface area contributed by atoms with Crippen LogP contribution in [-0.4, -0.2) is 18.1 Å². The molecule has 0 saturated carbocycles. The fourth-order valence-corrected chi connectivity index (χ4v) is 2.18. The van der Waals surface area contributed by atoms with Crippen LogP contribution in [0.15, 0.2) is 54.6 Å². The molecule has 0 aliphatic heterocycles. The zero-order chi connectivity index (χ0) is 13.8. The number of anilines is 1. The van der Waals surface area contributed by atoms with E-state index in [0.717, 1.165) is 16.8 Å². The molecule has 98 valence electrons. The molecule has 19 heavy (non-hydrogen) atoms. The molecule has 0 aliphatic carbocycles. The minimum absolute atomic E-state index is 0.678. The number of carboxylic acids is 1. The van der Waals surface area contributed by atoms with Crippen LogP contribution in [0.5, 0.6) is 0 Å². The van der Waals surface area contributed by atoms with Gasteiger partial charge in [0, 0.05) is 12.7 Å². The van der Waals surface area contributed by atoms with Crippen LogP contribution < -0.4 is 4.90 Å². The van der Waals surface area contributed by atoms with Crippen molar-refractivity contribution in [2.75, 3.05) is 11.9 Å². The van der Waals surface area contributed by atoms with Crippen LogP contribution in [-0.2, 0) is 4.79 Å². The Labute approximate surface area is 113 Å². The number of benzene rings is 2. The van der Waals surface area contributed by atoms with Gasteiger partial charge in [-0.2, -0.15) is 0 Å². The summed E-state index contributed by atoms with van der Waals surface area (Å²) in [5.74, 6) is -0.850. The molecule has 2 rings (SSSR count). The molecule has 0 spiro atoms. The predicted octanol–water partition coefficient (Wildman–Crippen LogP) is 3.26. The number of para-hydroxylation sites is 1. The van der Waals surface area contributed by atoms with Crippen LogP contribution >= 0.6 is 0 Å².